The van der Waals surface area contributed by atoms with E-state index >= 15 is 0 Å². The lowest BCUT2D eigenvalue weighted by Crippen LogP contribution is -2.44. The first kappa shape index (κ1) is 19.3. The zero-order valence-corrected chi connectivity index (χ0v) is 15.9. The third kappa shape index (κ3) is 5.25. The van der Waals surface area contributed by atoms with Crippen LogP contribution in [-0.2, 0) is 28.4 Å². The van der Waals surface area contributed by atoms with Crippen LogP contribution in [0.25, 0.3) is 0 Å². The highest BCUT2D eigenvalue weighted by Gasteiger charge is 2.29. The first-order chi connectivity index (χ1) is 11.3. The first-order valence-corrected chi connectivity index (χ1v) is 9.60. The summed E-state index contributed by atoms with van der Waals surface area (Å²) < 4.78 is 34.9. The second kappa shape index (κ2) is 8.39. The van der Waals surface area contributed by atoms with E-state index in [0.717, 1.165) is 19.5 Å². The van der Waals surface area contributed by atoms with E-state index in [1.165, 1.54) is 14.2 Å². The maximum absolute atomic E-state index is 12.4. The number of likely N-dealkylation sites (N-methyl/N-ethyl adjacent to an activating group) is 1. The van der Waals surface area contributed by atoms with Gasteiger partial charge in [0.15, 0.2) is 0 Å². The molecule has 0 spiro atoms. The van der Waals surface area contributed by atoms with Crippen LogP contribution in [0.5, 0.6) is 0 Å². The van der Waals surface area contributed by atoms with Gasteiger partial charge < -0.3 is 9.64 Å². The second-order valence-corrected chi connectivity index (χ2v) is 8.77. The van der Waals surface area contributed by atoms with Gasteiger partial charge in [0.1, 0.15) is 0 Å². The van der Waals surface area contributed by atoms with Crippen molar-refractivity contribution in [2.24, 2.45) is 13.0 Å². The zero-order chi connectivity index (χ0) is 17.7. The van der Waals surface area contributed by atoms with E-state index < -0.39 is 10.2 Å². The fourth-order valence-corrected chi connectivity index (χ4v) is 4.02. The maximum Gasteiger partial charge on any atom is 0.281 e. The summed E-state index contributed by atoms with van der Waals surface area (Å²) in [6, 6.07) is 0. The van der Waals surface area contributed by atoms with E-state index in [0.29, 0.717) is 26.3 Å². The van der Waals surface area contributed by atoms with Crippen LogP contribution >= 0.6 is 0 Å². The van der Waals surface area contributed by atoms with Gasteiger partial charge in [-0.3, -0.25) is 4.68 Å². The molecule has 138 valence electrons. The average Bonchev–Trinajstić information content (AvgIpc) is 2.78. The lowest BCUT2D eigenvalue weighted by Gasteiger charge is -2.28. The summed E-state index contributed by atoms with van der Waals surface area (Å²) in [6.45, 7) is 3.66. The van der Waals surface area contributed by atoms with E-state index in [1.807, 2.05) is 19.4 Å². The predicted molar refractivity (Wildman–Crippen MR) is 92.9 cm³/mol. The summed E-state index contributed by atoms with van der Waals surface area (Å²) in [5, 5.41) is 4.18. The second-order valence-electron chi connectivity index (χ2n) is 6.62. The van der Waals surface area contributed by atoms with Crippen LogP contribution in [0.2, 0.25) is 0 Å². The molecule has 1 saturated heterocycles. The van der Waals surface area contributed by atoms with Crippen molar-refractivity contribution in [3.05, 3.63) is 18.0 Å². The molecule has 2 rings (SSSR count). The van der Waals surface area contributed by atoms with Gasteiger partial charge >= 0.3 is 0 Å². The zero-order valence-electron chi connectivity index (χ0n) is 15.1. The quantitative estimate of drug-likeness (QED) is 0.665. The van der Waals surface area contributed by atoms with Gasteiger partial charge in [0.25, 0.3) is 10.2 Å². The summed E-state index contributed by atoms with van der Waals surface area (Å²) >= 11 is 0. The molecule has 1 aliphatic rings. The van der Waals surface area contributed by atoms with Crippen molar-refractivity contribution >= 4 is 10.2 Å². The normalized spacial score (nSPS) is 20.7. The molecular formula is C15H29N5O3S. The number of hydrogen-bond donors (Lipinski definition) is 0. The first-order valence-electron chi connectivity index (χ1n) is 8.20. The Morgan fingerprint density at radius 1 is 1.38 bits per heavy atom. The Hall–Kier alpha value is -1.00. The Balaban J connectivity index is 1.88. The van der Waals surface area contributed by atoms with E-state index in [1.54, 1.807) is 18.8 Å². The molecule has 0 bridgehead atoms. The highest BCUT2D eigenvalue weighted by molar-refractivity contribution is 7.86. The van der Waals surface area contributed by atoms with Gasteiger partial charge in [-0.15, -0.1) is 0 Å². The van der Waals surface area contributed by atoms with Crippen molar-refractivity contribution in [1.29, 1.82) is 0 Å². The molecule has 1 aliphatic heterocycles. The SMILES string of the molecule is CN(CCc1cnn(C)c1)CC1COCCN(S(=O)(=O)N(C)C)C1. The third-order valence-electron chi connectivity index (χ3n) is 4.20. The molecule has 2 heterocycles. The predicted octanol–water partition coefficient (Wildman–Crippen LogP) is -0.351. The van der Waals surface area contributed by atoms with E-state index in [9.17, 15) is 8.42 Å². The van der Waals surface area contributed by atoms with Crippen molar-refractivity contribution in [1.82, 2.24) is 23.3 Å². The number of hydrogen-bond acceptors (Lipinski definition) is 5. The molecular weight excluding hydrogens is 330 g/mol. The monoisotopic (exact) mass is 359 g/mol. The molecule has 1 unspecified atom stereocenters. The van der Waals surface area contributed by atoms with E-state index in [2.05, 4.69) is 17.0 Å². The molecule has 0 aliphatic carbocycles. The van der Waals surface area contributed by atoms with Crippen molar-refractivity contribution in [3.8, 4) is 0 Å². The Kier molecular flexibility index (Phi) is 6.76. The molecule has 0 N–H and O–H groups in total. The average molecular weight is 359 g/mol. The molecule has 0 aromatic carbocycles. The molecule has 24 heavy (non-hydrogen) atoms. The Morgan fingerprint density at radius 2 is 2.12 bits per heavy atom. The van der Waals surface area contributed by atoms with Crippen LogP contribution in [0.4, 0.5) is 0 Å². The Bertz CT molecular complexity index is 616. The van der Waals surface area contributed by atoms with Crippen molar-refractivity contribution in [3.63, 3.8) is 0 Å². The minimum Gasteiger partial charge on any atom is -0.380 e. The number of aryl methyl sites for hydroxylation is 1. The van der Waals surface area contributed by atoms with Crippen molar-refractivity contribution in [2.75, 3.05) is 60.5 Å². The molecule has 1 atom stereocenters. The Morgan fingerprint density at radius 3 is 2.75 bits per heavy atom. The van der Waals surface area contributed by atoms with Crippen molar-refractivity contribution in [2.45, 2.75) is 6.42 Å². The van der Waals surface area contributed by atoms with Gasteiger partial charge in [0, 0.05) is 59.4 Å². The lowest BCUT2D eigenvalue weighted by molar-refractivity contribution is 0.109. The molecule has 9 heteroatoms. The van der Waals surface area contributed by atoms with Crippen LogP contribution < -0.4 is 0 Å². The summed E-state index contributed by atoms with van der Waals surface area (Å²) in [5.74, 6) is 0.168. The van der Waals surface area contributed by atoms with Gasteiger partial charge in [0.05, 0.1) is 19.4 Å². The number of aromatic nitrogens is 2. The number of nitrogens with zero attached hydrogens (tertiary/aromatic N) is 5. The van der Waals surface area contributed by atoms with Crippen LogP contribution in [0, 0.1) is 5.92 Å². The van der Waals surface area contributed by atoms with Crippen LogP contribution in [0.3, 0.4) is 0 Å². The van der Waals surface area contributed by atoms with Gasteiger partial charge in [-0.2, -0.15) is 22.1 Å². The van der Waals surface area contributed by atoms with Crippen LogP contribution in [0.1, 0.15) is 5.56 Å². The highest BCUT2D eigenvalue weighted by Crippen LogP contribution is 2.14. The minimum atomic E-state index is -3.39. The molecule has 8 nitrogen and oxygen atoms in total. The highest BCUT2D eigenvalue weighted by atomic mass is 32.2. The summed E-state index contributed by atoms with van der Waals surface area (Å²) in [7, 11) is 3.72. The maximum atomic E-state index is 12.4. The number of rotatable bonds is 7. The van der Waals surface area contributed by atoms with Crippen LogP contribution in [-0.4, -0.2) is 92.2 Å². The van der Waals surface area contributed by atoms with Gasteiger partial charge in [0.2, 0.25) is 0 Å². The largest absolute Gasteiger partial charge is 0.380 e. The smallest absolute Gasteiger partial charge is 0.281 e. The van der Waals surface area contributed by atoms with E-state index in [4.69, 9.17) is 4.74 Å². The lowest BCUT2D eigenvalue weighted by atomic mass is 10.1. The molecule has 1 fully saturated rings. The topological polar surface area (TPSA) is 70.9 Å². The minimum absolute atomic E-state index is 0.168. The molecule has 0 amide bonds. The van der Waals surface area contributed by atoms with Gasteiger partial charge in [-0.05, 0) is 19.0 Å². The fraction of sp³-hybridized carbons (Fsp3) is 0.800. The standard InChI is InChI=1S/C15H29N5O3S/c1-17(2)24(21,22)20-7-8-23-13-15(12-20)10-18(3)6-5-14-9-16-19(4)11-14/h9,11,15H,5-8,10,12-13H2,1-4H3. The van der Waals surface area contributed by atoms with Crippen molar-refractivity contribution < 1.29 is 13.2 Å². The van der Waals surface area contributed by atoms with Crippen LogP contribution in [0.15, 0.2) is 12.4 Å². The fourth-order valence-electron chi connectivity index (χ4n) is 2.85. The molecule has 1 aromatic rings. The van der Waals surface area contributed by atoms with E-state index in [-0.39, 0.29) is 5.92 Å². The molecule has 0 saturated carbocycles. The van der Waals surface area contributed by atoms with Gasteiger partial charge in [-0.1, -0.05) is 0 Å². The third-order valence-corrected chi connectivity index (χ3v) is 6.11. The molecule has 1 aromatic heterocycles. The summed E-state index contributed by atoms with van der Waals surface area (Å²) in [5.41, 5.74) is 1.21. The number of ether oxygens (including phenoxy) is 1. The molecule has 0 radical (unpaired) electrons. The Labute approximate surface area is 145 Å². The summed E-state index contributed by atoms with van der Waals surface area (Å²) in [4.78, 5) is 2.23. The van der Waals surface area contributed by atoms with Gasteiger partial charge in [-0.25, -0.2) is 0 Å². The summed E-state index contributed by atoms with van der Waals surface area (Å²) in [6.07, 6.45) is 4.83.